The molecule has 1 aromatic rings. The fourth-order valence-electron chi connectivity index (χ4n) is 1.39. The van der Waals surface area contributed by atoms with Crippen LogP contribution in [0.1, 0.15) is 24.9 Å². The number of carbonyl (C=O) groups excluding carboxylic acids is 2. The minimum Gasteiger partial charge on any atom is -0.504 e. The number of benzene rings is 1. The average molecular weight is 253 g/mol. The SMILES string of the molecule is COC(=O)C[C@H](N)c1ccc(OC(C)=O)c(O)c1. The molecule has 0 aromatic heterocycles. The molecular formula is C12H15NO5. The Morgan fingerprint density at radius 3 is 2.61 bits per heavy atom. The lowest BCUT2D eigenvalue weighted by Crippen LogP contribution is -2.16. The molecule has 98 valence electrons. The van der Waals surface area contributed by atoms with Crippen molar-refractivity contribution >= 4 is 11.9 Å². The summed E-state index contributed by atoms with van der Waals surface area (Å²) in [6.45, 7) is 1.23. The summed E-state index contributed by atoms with van der Waals surface area (Å²) in [5, 5.41) is 9.63. The van der Waals surface area contributed by atoms with Gasteiger partial charge >= 0.3 is 11.9 Å². The zero-order valence-electron chi connectivity index (χ0n) is 10.2. The number of ether oxygens (including phenoxy) is 2. The maximum absolute atomic E-state index is 11.1. The van der Waals surface area contributed by atoms with Crippen LogP contribution in [-0.2, 0) is 14.3 Å². The topological polar surface area (TPSA) is 98.9 Å². The molecule has 0 heterocycles. The summed E-state index contributed by atoms with van der Waals surface area (Å²) in [6.07, 6.45) is 0.00283. The maximum atomic E-state index is 11.1. The zero-order valence-corrected chi connectivity index (χ0v) is 10.2. The van der Waals surface area contributed by atoms with E-state index in [0.717, 1.165) is 0 Å². The van der Waals surface area contributed by atoms with Gasteiger partial charge in [0, 0.05) is 13.0 Å². The van der Waals surface area contributed by atoms with Crippen LogP contribution in [0.5, 0.6) is 11.5 Å². The molecule has 1 atom stereocenters. The van der Waals surface area contributed by atoms with Crippen LogP contribution in [-0.4, -0.2) is 24.2 Å². The van der Waals surface area contributed by atoms with Crippen molar-refractivity contribution in [1.82, 2.24) is 0 Å². The van der Waals surface area contributed by atoms with Gasteiger partial charge in [-0.3, -0.25) is 9.59 Å². The number of phenols is 1. The molecule has 6 nitrogen and oxygen atoms in total. The summed E-state index contributed by atoms with van der Waals surface area (Å²) in [7, 11) is 1.27. The number of rotatable bonds is 4. The molecule has 0 saturated heterocycles. The van der Waals surface area contributed by atoms with Gasteiger partial charge in [-0.25, -0.2) is 0 Å². The molecule has 0 bridgehead atoms. The summed E-state index contributed by atoms with van der Waals surface area (Å²) < 4.78 is 9.26. The van der Waals surface area contributed by atoms with Crippen LogP contribution in [0, 0.1) is 0 Å². The van der Waals surface area contributed by atoms with E-state index >= 15 is 0 Å². The van der Waals surface area contributed by atoms with Gasteiger partial charge in [0.15, 0.2) is 11.5 Å². The second-order valence-corrected chi connectivity index (χ2v) is 3.71. The Bertz CT molecular complexity index is 458. The highest BCUT2D eigenvalue weighted by molar-refractivity contribution is 5.71. The first kappa shape index (κ1) is 14.0. The second kappa shape index (κ2) is 6.02. The van der Waals surface area contributed by atoms with Crippen molar-refractivity contribution < 1.29 is 24.2 Å². The van der Waals surface area contributed by atoms with E-state index < -0.39 is 18.0 Å². The molecule has 0 aliphatic carbocycles. The molecule has 0 spiro atoms. The average Bonchev–Trinajstić information content (AvgIpc) is 2.30. The lowest BCUT2D eigenvalue weighted by Gasteiger charge is -2.12. The van der Waals surface area contributed by atoms with Crippen molar-refractivity contribution in [2.75, 3.05) is 7.11 Å². The molecule has 0 unspecified atom stereocenters. The summed E-state index contributed by atoms with van der Waals surface area (Å²) >= 11 is 0. The fraction of sp³-hybridized carbons (Fsp3) is 0.333. The Hall–Kier alpha value is -2.08. The van der Waals surface area contributed by atoms with Crippen LogP contribution < -0.4 is 10.5 Å². The third-order valence-corrected chi connectivity index (χ3v) is 2.28. The third kappa shape index (κ3) is 3.74. The molecule has 0 saturated carbocycles. The van der Waals surface area contributed by atoms with E-state index in [1.54, 1.807) is 6.07 Å². The first-order valence-electron chi connectivity index (χ1n) is 5.27. The van der Waals surface area contributed by atoms with E-state index in [0.29, 0.717) is 5.56 Å². The van der Waals surface area contributed by atoms with Gasteiger partial charge in [-0.1, -0.05) is 6.07 Å². The van der Waals surface area contributed by atoms with Crippen LogP contribution in [0.3, 0.4) is 0 Å². The minimum atomic E-state index is -0.588. The van der Waals surface area contributed by atoms with Crippen molar-refractivity contribution in [3.63, 3.8) is 0 Å². The van der Waals surface area contributed by atoms with Gasteiger partial charge in [0.05, 0.1) is 13.5 Å². The van der Waals surface area contributed by atoms with Gasteiger partial charge in [-0.15, -0.1) is 0 Å². The molecule has 1 rings (SSSR count). The van der Waals surface area contributed by atoms with E-state index in [9.17, 15) is 14.7 Å². The number of aromatic hydroxyl groups is 1. The molecule has 0 aliphatic heterocycles. The normalized spacial score (nSPS) is 11.7. The highest BCUT2D eigenvalue weighted by atomic mass is 16.5. The Morgan fingerprint density at radius 1 is 1.44 bits per heavy atom. The zero-order chi connectivity index (χ0) is 13.7. The molecule has 0 radical (unpaired) electrons. The maximum Gasteiger partial charge on any atom is 0.308 e. The number of carbonyl (C=O) groups is 2. The minimum absolute atomic E-state index is 0.00283. The van der Waals surface area contributed by atoms with Crippen LogP contribution in [0.4, 0.5) is 0 Å². The van der Waals surface area contributed by atoms with Crippen LogP contribution in [0.2, 0.25) is 0 Å². The summed E-state index contributed by atoms with van der Waals surface area (Å²) in [6, 6.07) is 3.76. The van der Waals surface area contributed by atoms with Gasteiger partial charge in [-0.2, -0.15) is 0 Å². The number of esters is 2. The van der Waals surface area contributed by atoms with Gasteiger partial charge in [0.2, 0.25) is 0 Å². The number of hydrogen-bond acceptors (Lipinski definition) is 6. The van der Waals surface area contributed by atoms with Gasteiger partial charge in [0.1, 0.15) is 0 Å². The van der Waals surface area contributed by atoms with E-state index in [4.69, 9.17) is 10.5 Å². The van der Waals surface area contributed by atoms with Gasteiger partial charge < -0.3 is 20.3 Å². The molecule has 0 amide bonds. The molecule has 0 fully saturated rings. The van der Waals surface area contributed by atoms with Crippen LogP contribution in [0.25, 0.3) is 0 Å². The van der Waals surface area contributed by atoms with Crippen molar-refractivity contribution in [3.8, 4) is 11.5 Å². The number of phenolic OH excluding ortho intramolecular Hbond substituents is 1. The first-order chi connectivity index (χ1) is 8.43. The van der Waals surface area contributed by atoms with Crippen LogP contribution >= 0.6 is 0 Å². The lowest BCUT2D eigenvalue weighted by atomic mass is 10.0. The molecule has 3 N–H and O–H groups in total. The molecule has 1 aromatic carbocycles. The Kier molecular flexibility index (Phi) is 4.67. The Labute approximate surface area is 104 Å². The van der Waals surface area contributed by atoms with Crippen LogP contribution in [0.15, 0.2) is 18.2 Å². The highest BCUT2D eigenvalue weighted by Crippen LogP contribution is 2.29. The fourth-order valence-corrected chi connectivity index (χ4v) is 1.39. The monoisotopic (exact) mass is 253 g/mol. The largest absolute Gasteiger partial charge is 0.504 e. The third-order valence-electron chi connectivity index (χ3n) is 2.28. The number of nitrogens with two attached hydrogens (primary N) is 1. The molecular weight excluding hydrogens is 238 g/mol. The Morgan fingerprint density at radius 2 is 2.11 bits per heavy atom. The van der Waals surface area contributed by atoms with Gasteiger partial charge in [0.25, 0.3) is 0 Å². The molecule has 6 heteroatoms. The molecule has 18 heavy (non-hydrogen) atoms. The van der Waals surface area contributed by atoms with Crippen molar-refractivity contribution in [3.05, 3.63) is 23.8 Å². The standard InChI is InChI=1S/C12H15NO5/c1-7(14)18-11-4-3-8(5-10(11)15)9(13)6-12(16)17-2/h3-5,9,15H,6,13H2,1-2H3/t9-/m0/s1. The van der Waals surface area contributed by atoms with Crippen molar-refractivity contribution in [1.29, 1.82) is 0 Å². The Balaban J connectivity index is 2.83. The van der Waals surface area contributed by atoms with Crippen molar-refractivity contribution in [2.24, 2.45) is 5.73 Å². The van der Waals surface area contributed by atoms with Gasteiger partial charge in [-0.05, 0) is 17.7 Å². The number of methoxy groups -OCH3 is 1. The predicted molar refractivity (Wildman–Crippen MR) is 63.0 cm³/mol. The summed E-state index contributed by atoms with van der Waals surface area (Å²) in [5.41, 5.74) is 6.32. The second-order valence-electron chi connectivity index (χ2n) is 3.71. The first-order valence-corrected chi connectivity index (χ1v) is 5.27. The lowest BCUT2D eigenvalue weighted by molar-refractivity contribution is -0.141. The number of hydrogen-bond donors (Lipinski definition) is 2. The van der Waals surface area contributed by atoms with E-state index in [1.807, 2.05) is 0 Å². The van der Waals surface area contributed by atoms with Crippen molar-refractivity contribution in [2.45, 2.75) is 19.4 Å². The van der Waals surface area contributed by atoms with E-state index in [1.165, 1.54) is 26.2 Å². The quantitative estimate of drug-likeness (QED) is 0.610. The van der Waals surface area contributed by atoms with E-state index in [2.05, 4.69) is 4.74 Å². The highest BCUT2D eigenvalue weighted by Gasteiger charge is 2.14. The van der Waals surface area contributed by atoms with E-state index in [-0.39, 0.29) is 17.9 Å². The molecule has 0 aliphatic rings. The summed E-state index contributed by atoms with van der Waals surface area (Å²) in [4.78, 5) is 21.8. The summed E-state index contributed by atoms with van der Waals surface area (Å²) in [5.74, 6) is -1.12. The predicted octanol–water partition coefficient (Wildman–Crippen LogP) is 0.880. The smallest absolute Gasteiger partial charge is 0.308 e.